The maximum Gasteiger partial charge on any atom is 0.407 e. The van der Waals surface area contributed by atoms with Gasteiger partial charge < -0.3 is 25.4 Å². The average Bonchev–Trinajstić information content (AvgIpc) is 2.68. The monoisotopic (exact) mass is 413 g/mol. The molecule has 0 aromatic heterocycles. The highest BCUT2D eigenvalue weighted by Crippen LogP contribution is 2.16. The fourth-order valence-corrected chi connectivity index (χ4v) is 2.40. The molecule has 2 rings (SSSR count). The van der Waals surface area contributed by atoms with Crippen LogP contribution in [-0.4, -0.2) is 37.2 Å². The molecule has 0 fully saturated rings. The molecule has 30 heavy (non-hydrogen) atoms. The maximum atomic E-state index is 12.3. The van der Waals surface area contributed by atoms with Crippen LogP contribution in [-0.2, 0) is 9.53 Å². The summed E-state index contributed by atoms with van der Waals surface area (Å²) in [5.74, 6) is 0.177. The number of rotatable bonds is 7. The van der Waals surface area contributed by atoms with Gasteiger partial charge in [-0.15, -0.1) is 0 Å². The van der Waals surface area contributed by atoms with Crippen molar-refractivity contribution in [3.8, 4) is 5.75 Å². The largest absolute Gasteiger partial charge is 0.497 e. The Labute approximate surface area is 175 Å². The van der Waals surface area contributed by atoms with E-state index in [0.717, 1.165) is 0 Å². The molecule has 3 N–H and O–H groups in total. The van der Waals surface area contributed by atoms with Gasteiger partial charge in [0.25, 0.3) is 5.91 Å². The van der Waals surface area contributed by atoms with E-state index in [-0.39, 0.29) is 24.8 Å². The lowest BCUT2D eigenvalue weighted by molar-refractivity contribution is -0.116. The first-order chi connectivity index (χ1) is 14.2. The standard InChI is InChI=1S/C22H27N3O5/c1-22(2,3)30-21(28)23-14-13-19(26)24-16-7-9-17(10-8-16)25-20(27)15-5-11-18(29-4)12-6-15/h5-12H,13-14H2,1-4H3,(H,23,28)(H,24,26)(H,25,27). The average molecular weight is 413 g/mol. The fraction of sp³-hybridized carbons (Fsp3) is 0.318. The molecule has 0 saturated carbocycles. The van der Waals surface area contributed by atoms with Crippen molar-refractivity contribution in [2.24, 2.45) is 0 Å². The molecule has 0 spiro atoms. The summed E-state index contributed by atoms with van der Waals surface area (Å²) in [5.41, 5.74) is 1.10. The number of ether oxygens (including phenoxy) is 2. The van der Waals surface area contributed by atoms with Crippen LogP contribution >= 0.6 is 0 Å². The van der Waals surface area contributed by atoms with Gasteiger partial charge in [-0.05, 0) is 69.3 Å². The number of amides is 3. The van der Waals surface area contributed by atoms with Gasteiger partial charge >= 0.3 is 6.09 Å². The first kappa shape index (κ1) is 22.7. The minimum atomic E-state index is -0.586. The Kier molecular flexibility index (Phi) is 7.80. The van der Waals surface area contributed by atoms with Crippen LogP contribution < -0.4 is 20.7 Å². The lowest BCUT2D eigenvalue weighted by Crippen LogP contribution is -2.34. The van der Waals surface area contributed by atoms with Gasteiger partial charge in [0, 0.05) is 29.9 Å². The Balaban J connectivity index is 1.78. The van der Waals surface area contributed by atoms with Crippen molar-refractivity contribution in [1.29, 1.82) is 0 Å². The number of hydrogen-bond acceptors (Lipinski definition) is 5. The Morgan fingerprint density at radius 1 is 0.867 bits per heavy atom. The molecule has 0 unspecified atom stereocenters. The highest BCUT2D eigenvalue weighted by molar-refractivity contribution is 6.04. The van der Waals surface area contributed by atoms with Crippen LogP contribution in [0.4, 0.5) is 16.2 Å². The molecule has 0 bridgehead atoms. The molecular weight excluding hydrogens is 386 g/mol. The van der Waals surface area contributed by atoms with Crippen molar-refractivity contribution >= 4 is 29.3 Å². The van der Waals surface area contributed by atoms with E-state index in [9.17, 15) is 14.4 Å². The summed E-state index contributed by atoms with van der Waals surface area (Å²) in [6.45, 7) is 5.46. The lowest BCUT2D eigenvalue weighted by Gasteiger charge is -2.19. The number of anilines is 2. The summed E-state index contributed by atoms with van der Waals surface area (Å²) in [6.07, 6.45) is -0.456. The number of benzene rings is 2. The summed E-state index contributed by atoms with van der Waals surface area (Å²) in [6, 6.07) is 13.5. The van der Waals surface area contributed by atoms with Crippen molar-refractivity contribution in [3.63, 3.8) is 0 Å². The zero-order valence-electron chi connectivity index (χ0n) is 17.6. The predicted octanol–water partition coefficient (Wildman–Crippen LogP) is 3.80. The molecule has 0 saturated heterocycles. The molecule has 0 aliphatic heterocycles. The number of nitrogens with one attached hydrogen (secondary N) is 3. The van der Waals surface area contributed by atoms with Crippen LogP contribution in [0.1, 0.15) is 37.6 Å². The van der Waals surface area contributed by atoms with Gasteiger partial charge in [-0.2, -0.15) is 0 Å². The molecule has 2 aromatic carbocycles. The topological polar surface area (TPSA) is 106 Å². The van der Waals surface area contributed by atoms with Gasteiger partial charge in [0.05, 0.1) is 7.11 Å². The molecule has 2 aromatic rings. The number of alkyl carbamates (subject to hydrolysis) is 1. The molecule has 8 nitrogen and oxygen atoms in total. The second kappa shape index (κ2) is 10.3. The van der Waals surface area contributed by atoms with Crippen LogP contribution in [0.3, 0.4) is 0 Å². The van der Waals surface area contributed by atoms with Gasteiger partial charge in [-0.25, -0.2) is 4.79 Å². The summed E-state index contributed by atoms with van der Waals surface area (Å²) >= 11 is 0. The number of carbonyl (C=O) groups excluding carboxylic acids is 3. The molecule has 3 amide bonds. The summed E-state index contributed by atoms with van der Waals surface area (Å²) in [5, 5.41) is 8.05. The van der Waals surface area contributed by atoms with E-state index >= 15 is 0 Å². The van der Waals surface area contributed by atoms with Gasteiger partial charge in [-0.3, -0.25) is 9.59 Å². The highest BCUT2D eigenvalue weighted by Gasteiger charge is 2.16. The van der Waals surface area contributed by atoms with Crippen LogP contribution in [0.5, 0.6) is 5.75 Å². The molecule has 0 radical (unpaired) electrons. The van der Waals surface area contributed by atoms with Crippen molar-refractivity contribution in [1.82, 2.24) is 5.32 Å². The third kappa shape index (κ3) is 7.83. The lowest BCUT2D eigenvalue weighted by atomic mass is 10.2. The van der Waals surface area contributed by atoms with E-state index in [0.29, 0.717) is 22.7 Å². The summed E-state index contributed by atoms with van der Waals surface area (Å²) < 4.78 is 10.2. The second-order valence-corrected chi connectivity index (χ2v) is 7.49. The summed E-state index contributed by atoms with van der Waals surface area (Å²) in [4.78, 5) is 35.8. The normalized spacial score (nSPS) is 10.7. The molecule has 0 aliphatic carbocycles. The van der Waals surface area contributed by atoms with Gasteiger partial charge in [0.15, 0.2) is 0 Å². The Bertz CT molecular complexity index is 871. The smallest absolute Gasteiger partial charge is 0.407 e. The van der Waals surface area contributed by atoms with Crippen molar-refractivity contribution in [2.75, 3.05) is 24.3 Å². The molecule has 0 aliphatic rings. The molecule has 0 atom stereocenters. The van der Waals surface area contributed by atoms with Crippen LogP contribution in [0, 0.1) is 0 Å². The number of methoxy groups -OCH3 is 1. The number of carbonyl (C=O) groups is 3. The molecule has 0 heterocycles. The maximum absolute atomic E-state index is 12.3. The first-order valence-electron chi connectivity index (χ1n) is 9.48. The van der Waals surface area contributed by atoms with E-state index in [1.165, 1.54) is 0 Å². The van der Waals surface area contributed by atoms with Gasteiger partial charge in [0.1, 0.15) is 11.4 Å². The fourth-order valence-electron chi connectivity index (χ4n) is 2.40. The van der Waals surface area contributed by atoms with E-state index in [1.54, 1.807) is 76.4 Å². The first-order valence-corrected chi connectivity index (χ1v) is 9.48. The highest BCUT2D eigenvalue weighted by atomic mass is 16.6. The molecule has 160 valence electrons. The Hall–Kier alpha value is -3.55. The summed E-state index contributed by atoms with van der Waals surface area (Å²) in [7, 11) is 1.56. The van der Waals surface area contributed by atoms with Gasteiger partial charge in [-0.1, -0.05) is 0 Å². The Morgan fingerprint density at radius 2 is 1.43 bits per heavy atom. The number of hydrogen-bond donors (Lipinski definition) is 3. The van der Waals surface area contributed by atoms with Crippen molar-refractivity contribution in [3.05, 3.63) is 54.1 Å². The van der Waals surface area contributed by atoms with E-state index in [4.69, 9.17) is 9.47 Å². The Morgan fingerprint density at radius 3 is 1.97 bits per heavy atom. The third-order valence-corrected chi connectivity index (χ3v) is 3.80. The van der Waals surface area contributed by atoms with Gasteiger partial charge in [0.2, 0.25) is 5.91 Å². The second-order valence-electron chi connectivity index (χ2n) is 7.49. The molecular formula is C22H27N3O5. The predicted molar refractivity (Wildman–Crippen MR) is 115 cm³/mol. The quantitative estimate of drug-likeness (QED) is 0.640. The minimum absolute atomic E-state index is 0.106. The van der Waals surface area contributed by atoms with Crippen LogP contribution in [0.15, 0.2) is 48.5 Å². The molecule has 8 heteroatoms. The van der Waals surface area contributed by atoms with Crippen LogP contribution in [0.2, 0.25) is 0 Å². The zero-order valence-corrected chi connectivity index (χ0v) is 17.6. The van der Waals surface area contributed by atoms with Crippen molar-refractivity contribution in [2.45, 2.75) is 32.8 Å². The van der Waals surface area contributed by atoms with Crippen LogP contribution in [0.25, 0.3) is 0 Å². The van der Waals surface area contributed by atoms with E-state index < -0.39 is 11.7 Å². The third-order valence-electron chi connectivity index (χ3n) is 3.80. The SMILES string of the molecule is COc1ccc(C(=O)Nc2ccc(NC(=O)CCNC(=O)OC(C)(C)C)cc2)cc1. The van der Waals surface area contributed by atoms with E-state index in [1.807, 2.05) is 0 Å². The minimum Gasteiger partial charge on any atom is -0.497 e. The van der Waals surface area contributed by atoms with Crippen molar-refractivity contribution < 1.29 is 23.9 Å². The zero-order chi connectivity index (χ0) is 22.1. The van der Waals surface area contributed by atoms with E-state index in [2.05, 4.69) is 16.0 Å².